The third-order valence-electron chi connectivity index (χ3n) is 5.83. The number of nitrogens with one attached hydrogen (secondary N) is 2. The van der Waals surface area contributed by atoms with Crippen molar-refractivity contribution in [2.75, 3.05) is 30.3 Å². The van der Waals surface area contributed by atoms with Gasteiger partial charge in [0, 0.05) is 43.6 Å². The van der Waals surface area contributed by atoms with E-state index in [9.17, 15) is 4.79 Å². The van der Waals surface area contributed by atoms with Crippen molar-refractivity contribution in [3.05, 3.63) is 54.6 Å². The molecule has 11 heteroatoms. The van der Waals surface area contributed by atoms with E-state index in [4.69, 9.17) is 5.26 Å². The second-order valence-electron chi connectivity index (χ2n) is 8.27. The molecule has 0 spiro atoms. The molecule has 5 rings (SSSR count). The molecule has 1 aliphatic rings. The zero-order chi connectivity index (χ0) is 23.5. The van der Waals surface area contributed by atoms with E-state index in [2.05, 4.69) is 41.8 Å². The van der Waals surface area contributed by atoms with Gasteiger partial charge in [0.05, 0.1) is 18.8 Å². The molecule has 2 N–H and O–H groups in total. The Labute approximate surface area is 196 Å². The number of fused-ring (bicyclic) bond motifs is 1. The molecule has 4 aromatic rings. The van der Waals surface area contributed by atoms with E-state index < -0.39 is 0 Å². The summed E-state index contributed by atoms with van der Waals surface area (Å²) < 4.78 is 3.22. The molecule has 1 amide bonds. The lowest BCUT2D eigenvalue weighted by Gasteiger charge is -2.30. The molecule has 4 heterocycles. The summed E-state index contributed by atoms with van der Waals surface area (Å²) in [5.74, 6) is 0.991. The van der Waals surface area contributed by atoms with Crippen molar-refractivity contribution >= 4 is 23.1 Å². The van der Waals surface area contributed by atoms with Gasteiger partial charge in [-0.2, -0.15) is 15.5 Å². The van der Waals surface area contributed by atoms with Crippen molar-refractivity contribution < 1.29 is 4.79 Å². The van der Waals surface area contributed by atoms with E-state index in [1.165, 1.54) is 6.20 Å². The number of hydrogen-bond acceptors (Lipinski definition) is 8. The predicted molar refractivity (Wildman–Crippen MR) is 126 cm³/mol. The van der Waals surface area contributed by atoms with Gasteiger partial charge in [-0.3, -0.25) is 14.4 Å². The minimum Gasteiger partial charge on any atom is -0.367 e. The van der Waals surface area contributed by atoms with Gasteiger partial charge in [0.2, 0.25) is 0 Å². The highest BCUT2D eigenvalue weighted by Gasteiger charge is 2.20. The first kappa shape index (κ1) is 21.5. The van der Waals surface area contributed by atoms with Gasteiger partial charge in [-0.1, -0.05) is 12.1 Å². The lowest BCUT2D eigenvalue weighted by Crippen LogP contribution is -2.39. The molecule has 0 radical (unpaired) electrons. The quantitative estimate of drug-likeness (QED) is 0.423. The Balaban J connectivity index is 1.30. The lowest BCUT2D eigenvalue weighted by atomic mass is 10.1. The third-order valence-corrected chi connectivity index (χ3v) is 5.83. The highest BCUT2D eigenvalue weighted by atomic mass is 16.1. The number of aryl methyl sites for hydroxylation is 1. The van der Waals surface area contributed by atoms with Crippen molar-refractivity contribution in [1.82, 2.24) is 34.3 Å². The zero-order valence-electron chi connectivity index (χ0n) is 18.7. The fourth-order valence-electron chi connectivity index (χ4n) is 4.06. The van der Waals surface area contributed by atoms with Crippen LogP contribution < -0.4 is 10.6 Å². The average Bonchev–Trinajstić information content (AvgIpc) is 3.47. The first-order valence-electron chi connectivity index (χ1n) is 11.1. The number of nitrogens with zero attached hydrogens (tertiary/aromatic N) is 8. The van der Waals surface area contributed by atoms with E-state index in [1.807, 2.05) is 30.3 Å². The van der Waals surface area contributed by atoms with Crippen LogP contribution in [0.25, 0.3) is 17.0 Å². The van der Waals surface area contributed by atoms with Crippen LogP contribution in [0.1, 0.15) is 23.2 Å². The van der Waals surface area contributed by atoms with Gasteiger partial charge in [0.25, 0.3) is 5.91 Å². The van der Waals surface area contributed by atoms with Crippen LogP contribution in [0.15, 0.2) is 49.1 Å². The van der Waals surface area contributed by atoms with Crippen molar-refractivity contribution in [1.29, 1.82) is 5.26 Å². The van der Waals surface area contributed by atoms with Gasteiger partial charge < -0.3 is 10.6 Å². The molecule has 1 aromatic carbocycles. The summed E-state index contributed by atoms with van der Waals surface area (Å²) in [6.07, 6.45) is 6.81. The van der Waals surface area contributed by atoms with E-state index in [0.717, 1.165) is 31.5 Å². The summed E-state index contributed by atoms with van der Waals surface area (Å²) in [6.45, 7) is 2.22. The van der Waals surface area contributed by atoms with Crippen LogP contribution in [0.5, 0.6) is 0 Å². The van der Waals surface area contributed by atoms with E-state index in [1.54, 1.807) is 28.8 Å². The summed E-state index contributed by atoms with van der Waals surface area (Å²) in [5.41, 5.74) is 2.30. The number of likely N-dealkylation sites (tertiary alicyclic amines) is 1. The van der Waals surface area contributed by atoms with Crippen LogP contribution in [-0.2, 0) is 7.05 Å². The average molecular weight is 457 g/mol. The molecule has 0 aliphatic carbocycles. The Morgan fingerprint density at radius 1 is 1.26 bits per heavy atom. The maximum Gasteiger partial charge on any atom is 0.261 e. The van der Waals surface area contributed by atoms with E-state index in [-0.39, 0.29) is 11.9 Å². The maximum absolute atomic E-state index is 13.0. The van der Waals surface area contributed by atoms with Gasteiger partial charge in [0.1, 0.15) is 17.7 Å². The topological polar surface area (TPSA) is 129 Å². The van der Waals surface area contributed by atoms with Crippen LogP contribution in [0.3, 0.4) is 0 Å². The Bertz CT molecular complexity index is 1360. The Hall–Kier alpha value is -4.30. The molecule has 1 aliphatic heterocycles. The lowest BCUT2D eigenvalue weighted by molar-refractivity contribution is 0.102. The number of piperidine rings is 1. The minimum absolute atomic E-state index is 0.271. The fourth-order valence-corrected chi connectivity index (χ4v) is 4.06. The number of aromatic nitrogens is 6. The molecule has 0 saturated carbocycles. The Morgan fingerprint density at radius 3 is 2.88 bits per heavy atom. The highest BCUT2D eigenvalue weighted by molar-refractivity contribution is 6.08. The smallest absolute Gasteiger partial charge is 0.261 e. The molecule has 0 unspecified atom stereocenters. The molecule has 0 atom stereocenters. The summed E-state index contributed by atoms with van der Waals surface area (Å²) >= 11 is 0. The summed E-state index contributed by atoms with van der Waals surface area (Å²) in [5, 5.41) is 23.8. The Morgan fingerprint density at radius 2 is 2.12 bits per heavy atom. The number of carbonyl (C=O) groups is 1. The van der Waals surface area contributed by atoms with Gasteiger partial charge in [-0.05, 0) is 31.0 Å². The standard InChI is InChI=1S/C23H24N10O/c1-31-15-25-21(30-31)16-3-2-4-18(13-16)28-23(34)19-14-26-33-11-7-20(29-22(19)33)27-17-5-9-32(10-6-17)12-8-24/h2-4,7,11,13-15,17H,5-6,9-10,12H2,1H3,(H,27,29)(H,28,34). The van der Waals surface area contributed by atoms with Crippen molar-refractivity contribution in [2.45, 2.75) is 18.9 Å². The fraction of sp³-hybridized carbons (Fsp3) is 0.304. The SMILES string of the molecule is Cn1cnc(-c2cccc(NC(=O)c3cnn4ccc(NC5CCN(CC#N)CC5)nc34)c2)n1. The monoisotopic (exact) mass is 456 g/mol. The summed E-state index contributed by atoms with van der Waals surface area (Å²) in [7, 11) is 1.81. The molecular weight excluding hydrogens is 432 g/mol. The second-order valence-corrected chi connectivity index (χ2v) is 8.27. The number of anilines is 2. The first-order valence-corrected chi connectivity index (χ1v) is 11.1. The van der Waals surface area contributed by atoms with Crippen LogP contribution in [0, 0.1) is 11.3 Å². The molecule has 172 valence electrons. The Kier molecular flexibility index (Phi) is 5.88. The van der Waals surface area contributed by atoms with Crippen molar-refractivity contribution in [3.63, 3.8) is 0 Å². The van der Waals surface area contributed by atoms with Crippen LogP contribution in [0.4, 0.5) is 11.5 Å². The highest BCUT2D eigenvalue weighted by Crippen LogP contribution is 2.21. The van der Waals surface area contributed by atoms with Crippen molar-refractivity contribution in [2.24, 2.45) is 7.05 Å². The summed E-state index contributed by atoms with van der Waals surface area (Å²) in [6, 6.07) is 11.7. The normalized spacial score (nSPS) is 14.7. The number of rotatable bonds is 6. The number of benzene rings is 1. The number of hydrogen-bond donors (Lipinski definition) is 2. The molecule has 3 aromatic heterocycles. The molecule has 11 nitrogen and oxygen atoms in total. The van der Waals surface area contributed by atoms with Crippen LogP contribution in [0.2, 0.25) is 0 Å². The number of nitriles is 1. The predicted octanol–water partition coefficient (Wildman–Crippen LogP) is 2.18. The molecule has 0 bridgehead atoms. The number of amides is 1. The van der Waals surface area contributed by atoms with Gasteiger partial charge in [0.15, 0.2) is 11.5 Å². The third kappa shape index (κ3) is 4.57. The summed E-state index contributed by atoms with van der Waals surface area (Å²) in [4.78, 5) is 24.1. The molecular formula is C23H24N10O. The van der Waals surface area contributed by atoms with Crippen LogP contribution >= 0.6 is 0 Å². The minimum atomic E-state index is -0.296. The maximum atomic E-state index is 13.0. The molecule has 34 heavy (non-hydrogen) atoms. The van der Waals surface area contributed by atoms with E-state index in [0.29, 0.717) is 35.1 Å². The number of carbonyl (C=O) groups excluding carboxylic acids is 1. The second kappa shape index (κ2) is 9.29. The van der Waals surface area contributed by atoms with Crippen LogP contribution in [-0.4, -0.2) is 65.8 Å². The largest absolute Gasteiger partial charge is 0.367 e. The van der Waals surface area contributed by atoms with Gasteiger partial charge in [-0.15, -0.1) is 0 Å². The van der Waals surface area contributed by atoms with Gasteiger partial charge in [-0.25, -0.2) is 14.5 Å². The van der Waals surface area contributed by atoms with E-state index >= 15 is 0 Å². The zero-order valence-corrected chi connectivity index (χ0v) is 18.7. The molecule has 1 fully saturated rings. The van der Waals surface area contributed by atoms with Gasteiger partial charge >= 0.3 is 0 Å². The van der Waals surface area contributed by atoms with Crippen molar-refractivity contribution in [3.8, 4) is 17.5 Å². The first-order chi connectivity index (χ1) is 16.6. The molecule has 1 saturated heterocycles.